The first kappa shape index (κ1) is 16.6. The van der Waals surface area contributed by atoms with Crippen molar-refractivity contribution in [1.82, 2.24) is 15.3 Å². The zero-order valence-corrected chi connectivity index (χ0v) is 14.7. The summed E-state index contributed by atoms with van der Waals surface area (Å²) < 4.78 is 10.9. The molecule has 1 N–H and O–H groups in total. The monoisotopic (exact) mass is 346 g/mol. The van der Waals surface area contributed by atoms with E-state index in [1.54, 1.807) is 13.4 Å². The Hall–Kier alpha value is -1.89. The van der Waals surface area contributed by atoms with E-state index in [1.165, 1.54) is 0 Å². The number of methoxy groups -OCH3 is 1. The molecule has 1 aromatic heterocycles. The minimum Gasteiger partial charge on any atom is -0.481 e. The quantitative estimate of drug-likeness (QED) is 0.888. The Bertz CT molecular complexity index is 627. The third-order valence-electron chi connectivity index (χ3n) is 5.95. The lowest BCUT2D eigenvalue weighted by atomic mass is 9.69. The highest BCUT2D eigenvalue weighted by atomic mass is 16.5. The van der Waals surface area contributed by atoms with Crippen LogP contribution in [0.2, 0.25) is 0 Å². The smallest absolute Gasteiger partial charge is 0.223 e. The Morgan fingerprint density at radius 2 is 2.12 bits per heavy atom. The minimum atomic E-state index is 0.136. The fraction of sp³-hybridized carbons (Fsp3) is 0.722. The first-order chi connectivity index (χ1) is 12.2. The summed E-state index contributed by atoms with van der Waals surface area (Å²) in [5.74, 6) is 1.96. The predicted octanol–water partition coefficient (Wildman–Crippen LogP) is 1.39. The van der Waals surface area contributed by atoms with Crippen LogP contribution < -0.4 is 15.0 Å². The second kappa shape index (κ2) is 6.78. The van der Waals surface area contributed by atoms with Crippen molar-refractivity contribution in [2.45, 2.75) is 38.1 Å². The zero-order valence-electron chi connectivity index (χ0n) is 14.7. The molecule has 136 valence electrons. The number of rotatable bonds is 4. The summed E-state index contributed by atoms with van der Waals surface area (Å²) in [4.78, 5) is 23.0. The number of hydrogen-bond donors (Lipinski definition) is 1. The van der Waals surface area contributed by atoms with Gasteiger partial charge in [0.05, 0.1) is 19.8 Å². The largest absolute Gasteiger partial charge is 0.481 e. The summed E-state index contributed by atoms with van der Waals surface area (Å²) in [5, 5.41) is 3.29. The van der Waals surface area contributed by atoms with Crippen molar-refractivity contribution >= 4 is 11.7 Å². The van der Waals surface area contributed by atoms with Crippen LogP contribution in [0.3, 0.4) is 0 Å². The lowest BCUT2D eigenvalue weighted by Crippen LogP contribution is -2.58. The van der Waals surface area contributed by atoms with E-state index < -0.39 is 0 Å². The van der Waals surface area contributed by atoms with Gasteiger partial charge in [0, 0.05) is 31.7 Å². The summed E-state index contributed by atoms with van der Waals surface area (Å²) in [6.45, 7) is 3.28. The molecular weight excluding hydrogens is 320 g/mol. The van der Waals surface area contributed by atoms with Crippen LogP contribution in [0.25, 0.3) is 0 Å². The average Bonchev–Trinajstić information content (AvgIpc) is 3.50. The van der Waals surface area contributed by atoms with Crippen LogP contribution in [0.4, 0.5) is 5.82 Å². The van der Waals surface area contributed by atoms with Gasteiger partial charge in [0.1, 0.15) is 12.1 Å². The maximum absolute atomic E-state index is 12.2. The molecule has 1 aliphatic carbocycles. The number of hydrogen-bond acceptors (Lipinski definition) is 6. The van der Waals surface area contributed by atoms with Crippen LogP contribution in [0.5, 0.6) is 5.88 Å². The predicted molar refractivity (Wildman–Crippen MR) is 92.6 cm³/mol. The van der Waals surface area contributed by atoms with Gasteiger partial charge in [-0.2, -0.15) is 0 Å². The molecule has 25 heavy (non-hydrogen) atoms. The van der Waals surface area contributed by atoms with E-state index in [1.807, 2.05) is 6.07 Å². The third kappa shape index (κ3) is 3.42. The van der Waals surface area contributed by atoms with Crippen molar-refractivity contribution in [3.63, 3.8) is 0 Å². The molecule has 2 saturated heterocycles. The minimum absolute atomic E-state index is 0.136. The maximum atomic E-state index is 12.2. The molecule has 3 fully saturated rings. The van der Waals surface area contributed by atoms with Crippen molar-refractivity contribution in [2.24, 2.45) is 11.3 Å². The van der Waals surface area contributed by atoms with E-state index in [2.05, 4.69) is 20.2 Å². The summed E-state index contributed by atoms with van der Waals surface area (Å²) in [6.07, 6.45) is 6.72. The summed E-state index contributed by atoms with van der Waals surface area (Å²) in [5.41, 5.74) is 0.149. The second-order valence-electron chi connectivity index (χ2n) is 7.43. The van der Waals surface area contributed by atoms with E-state index in [4.69, 9.17) is 9.47 Å². The Morgan fingerprint density at radius 1 is 1.32 bits per heavy atom. The number of nitrogens with one attached hydrogen (secondary N) is 1. The van der Waals surface area contributed by atoms with Crippen LogP contribution in [0.1, 0.15) is 32.1 Å². The standard InChI is InChI=1S/C18H26N4O3/c1-24-16-10-15(19-12-20-16)22-7-4-18(5-8-22)6-9-25-11-14(18)21-17(23)13-2-3-13/h10,12-14H,2-9,11H2,1H3,(H,21,23)/t14-/m1/s1. The number of ether oxygens (including phenoxy) is 2. The fourth-order valence-corrected chi connectivity index (χ4v) is 4.05. The van der Waals surface area contributed by atoms with Crippen molar-refractivity contribution in [3.05, 3.63) is 12.4 Å². The number of carbonyl (C=O) groups is 1. The van der Waals surface area contributed by atoms with Crippen molar-refractivity contribution in [2.75, 3.05) is 38.3 Å². The number of aromatic nitrogens is 2. The SMILES string of the molecule is COc1cc(N2CCC3(CCOC[C@H]3NC(=O)C3CC3)CC2)ncn1. The van der Waals surface area contributed by atoms with Crippen LogP contribution >= 0.6 is 0 Å². The number of piperidine rings is 1. The Labute approximate surface area is 148 Å². The Morgan fingerprint density at radius 3 is 2.84 bits per heavy atom. The number of amides is 1. The van der Waals surface area contributed by atoms with Gasteiger partial charge < -0.3 is 19.7 Å². The van der Waals surface area contributed by atoms with Gasteiger partial charge in [0.2, 0.25) is 11.8 Å². The normalized spacial score (nSPS) is 25.6. The van der Waals surface area contributed by atoms with E-state index >= 15 is 0 Å². The van der Waals surface area contributed by atoms with Gasteiger partial charge in [0.25, 0.3) is 0 Å². The van der Waals surface area contributed by atoms with Crippen LogP contribution in [0, 0.1) is 11.3 Å². The van der Waals surface area contributed by atoms with Gasteiger partial charge in [-0.3, -0.25) is 4.79 Å². The third-order valence-corrected chi connectivity index (χ3v) is 5.95. The highest BCUT2D eigenvalue weighted by Gasteiger charge is 2.45. The molecule has 0 unspecified atom stereocenters. The fourth-order valence-electron chi connectivity index (χ4n) is 4.05. The van der Waals surface area contributed by atoms with Gasteiger partial charge >= 0.3 is 0 Å². The molecule has 0 radical (unpaired) electrons. The number of nitrogens with zero attached hydrogens (tertiary/aromatic N) is 3. The molecule has 1 spiro atoms. The molecule has 7 heteroatoms. The van der Waals surface area contributed by atoms with Gasteiger partial charge in [-0.25, -0.2) is 9.97 Å². The number of carbonyl (C=O) groups excluding carboxylic acids is 1. The maximum Gasteiger partial charge on any atom is 0.223 e. The molecule has 2 aliphatic heterocycles. The van der Waals surface area contributed by atoms with E-state index in [0.717, 1.165) is 57.6 Å². The van der Waals surface area contributed by atoms with E-state index in [0.29, 0.717) is 12.5 Å². The van der Waals surface area contributed by atoms with Crippen LogP contribution in [-0.4, -0.2) is 55.3 Å². The van der Waals surface area contributed by atoms with E-state index in [9.17, 15) is 4.79 Å². The van der Waals surface area contributed by atoms with Crippen molar-refractivity contribution in [1.29, 1.82) is 0 Å². The average molecular weight is 346 g/mol. The Balaban J connectivity index is 1.43. The molecule has 3 aliphatic rings. The molecule has 1 amide bonds. The summed E-state index contributed by atoms with van der Waals surface area (Å²) in [6, 6.07) is 2.02. The molecular formula is C18H26N4O3. The number of anilines is 1. The highest BCUT2D eigenvalue weighted by molar-refractivity contribution is 5.81. The second-order valence-corrected chi connectivity index (χ2v) is 7.43. The lowest BCUT2D eigenvalue weighted by Gasteiger charge is -2.49. The van der Waals surface area contributed by atoms with Gasteiger partial charge in [-0.15, -0.1) is 0 Å². The van der Waals surface area contributed by atoms with Gasteiger partial charge in [-0.05, 0) is 37.5 Å². The Kier molecular flexibility index (Phi) is 4.50. The van der Waals surface area contributed by atoms with Crippen LogP contribution in [-0.2, 0) is 9.53 Å². The molecule has 0 aromatic carbocycles. The summed E-state index contributed by atoms with van der Waals surface area (Å²) >= 11 is 0. The highest BCUT2D eigenvalue weighted by Crippen LogP contribution is 2.42. The molecule has 4 rings (SSSR count). The van der Waals surface area contributed by atoms with Gasteiger partial charge in [-0.1, -0.05) is 0 Å². The first-order valence-electron chi connectivity index (χ1n) is 9.19. The molecule has 0 bridgehead atoms. The van der Waals surface area contributed by atoms with E-state index in [-0.39, 0.29) is 23.3 Å². The lowest BCUT2D eigenvalue weighted by molar-refractivity contribution is -0.127. The van der Waals surface area contributed by atoms with Crippen molar-refractivity contribution in [3.8, 4) is 5.88 Å². The topological polar surface area (TPSA) is 76.6 Å². The molecule has 1 atom stereocenters. The molecule has 3 heterocycles. The zero-order chi connectivity index (χ0) is 17.3. The molecule has 7 nitrogen and oxygen atoms in total. The summed E-state index contributed by atoms with van der Waals surface area (Å²) in [7, 11) is 1.62. The van der Waals surface area contributed by atoms with Crippen LogP contribution in [0.15, 0.2) is 12.4 Å². The first-order valence-corrected chi connectivity index (χ1v) is 9.19. The van der Waals surface area contributed by atoms with Crippen molar-refractivity contribution < 1.29 is 14.3 Å². The van der Waals surface area contributed by atoms with Gasteiger partial charge in [0.15, 0.2) is 0 Å². The molecule has 1 aromatic rings. The molecule has 1 saturated carbocycles.